The van der Waals surface area contributed by atoms with Crippen LogP contribution in [0.2, 0.25) is 0 Å². The van der Waals surface area contributed by atoms with Gasteiger partial charge in [0.2, 0.25) is 11.8 Å². The number of halogens is 1. The molecule has 2 atom stereocenters. The van der Waals surface area contributed by atoms with Crippen LogP contribution in [0.15, 0.2) is 22.8 Å². The summed E-state index contributed by atoms with van der Waals surface area (Å²) in [6.45, 7) is 4.29. The zero-order valence-electron chi connectivity index (χ0n) is 12.3. The summed E-state index contributed by atoms with van der Waals surface area (Å²) in [7, 11) is 0. The first-order valence-electron chi connectivity index (χ1n) is 7.28. The molecule has 2 amide bonds. The maximum atomic E-state index is 12.5. The third-order valence-corrected chi connectivity index (χ3v) is 4.14. The van der Waals surface area contributed by atoms with E-state index in [-0.39, 0.29) is 11.8 Å². The van der Waals surface area contributed by atoms with Gasteiger partial charge in [0, 0.05) is 10.7 Å². The van der Waals surface area contributed by atoms with Crippen LogP contribution in [0.4, 0.5) is 0 Å². The molecule has 0 aliphatic carbocycles. The smallest absolute Gasteiger partial charge is 0.246 e. The molecule has 0 bridgehead atoms. The zero-order valence-corrected chi connectivity index (χ0v) is 13.9. The van der Waals surface area contributed by atoms with Crippen molar-refractivity contribution < 1.29 is 9.59 Å². The van der Waals surface area contributed by atoms with Crippen LogP contribution in [0.5, 0.6) is 0 Å². The number of rotatable bonds is 5. The van der Waals surface area contributed by atoms with Gasteiger partial charge in [-0.3, -0.25) is 14.6 Å². The van der Waals surface area contributed by atoms with Crippen LogP contribution in [-0.4, -0.2) is 33.8 Å². The topological polar surface area (TPSA) is 62.3 Å². The Labute approximate surface area is 133 Å². The molecule has 1 aliphatic heterocycles. The van der Waals surface area contributed by atoms with Crippen LogP contribution in [-0.2, 0) is 16.1 Å². The zero-order chi connectivity index (χ0) is 15.4. The number of nitrogens with zero attached hydrogens (tertiary/aromatic N) is 2. The normalized spacial score (nSPS) is 22.3. The van der Waals surface area contributed by atoms with Gasteiger partial charge < -0.3 is 10.2 Å². The van der Waals surface area contributed by atoms with E-state index in [0.717, 1.165) is 16.6 Å². The van der Waals surface area contributed by atoms with Crippen molar-refractivity contribution in [1.82, 2.24) is 15.2 Å². The van der Waals surface area contributed by atoms with Crippen molar-refractivity contribution in [3.8, 4) is 0 Å². The second-order valence-corrected chi connectivity index (χ2v) is 6.12. The molecule has 1 fully saturated rings. The molecule has 6 heteroatoms. The van der Waals surface area contributed by atoms with Gasteiger partial charge in [-0.25, -0.2) is 0 Å². The molecule has 1 aliphatic rings. The summed E-state index contributed by atoms with van der Waals surface area (Å²) in [5.41, 5.74) is 0.789. The van der Waals surface area contributed by atoms with Crippen LogP contribution >= 0.6 is 15.9 Å². The number of aromatic nitrogens is 1. The van der Waals surface area contributed by atoms with Gasteiger partial charge in [0.15, 0.2) is 0 Å². The molecule has 1 aromatic heterocycles. The van der Waals surface area contributed by atoms with E-state index in [9.17, 15) is 9.59 Å². The molecule has 1 aromatic rings. The highest BCUT2D eigenvalue weighted by Crippen LogP contribution is 2.19. The Morgan fingerprint density at radius 3 is 2.67 bits per heavy atom. The second kappa shape index (κ2) is 7.02. The third kappa shape index (κ3) is 3.61. The van der Waals surface area contributed by atoms with Crippen molar-refractivity contribution in [2.45, 2.75) is 51.7 Å². The average Bonchev–Trinajstić information content (AvgIpc) is 2.48. The van der Waals surface area contributed by atoms with Crippen LogP contribution in [0.3, 0.4) is 0 Å². The summed E-state index contributed by atoms with van der Waals surface area (Å²) in [6.07, 6.45) is 3.83. The van der Waals surface area contributed by atoms with E-state index in [1.165, 1.54) is 0 Å². The molecule has 5 nitrogen and oxygen atoms in total. The lowest BCUT2D eigenvalue weighted by Gasteiger charge is -2.38. The summed E-state index contributed by atoms with van der Waals surface area (Å²) in [6, 6.07) is 2.95. The Kier molecular flexibility index (Phi) is 5.33. The highest BCUT2D eigenvalue weighted by atomic mass is 79.9. The number of amides is 2. The Hall–Kier alpha value is -1.43. The number of hydrogen-bond donors (Lipinski definition) is 1. The Morgan fingerprint density at radius 1 is 1.33 bits per heavy atom. The third-order valence-electron chi connectivity index (χ3n) is 3.67. The predicted molar refractivity (Wildman–Crippen MR) is 83.4 cm³/mol. The molecular weight excluding hydrogens is 334 g/mol. The lowest BCUT2D eigenvalue weighted by Crippen LogP contribution is -2.62. The number of pyridine rings is 1. The van der Waals surface area contributed by atoms with Crippen molar-refractivity contribution in [2.75, 3.05) is 0 Å². The fourth-order valence-electron chi connectivity index (χ4n) is 2.52. The van der Waals surface area contributed by atoms with Crippen LogP contribution in [0.25, 0.3) is 0 Å². The number of hydrogen-bond acceptors (Lipinski definition) is 3. The van der Waals surface area contributed by atoms with Gasteiger partial charge in [-0.05, 0) is 40.9 Å². The fourth-order valence-corrected chi connectivity index (χ4v) is 2.76. The molecule has 0 saturated carbocycles. The Balaban J connectivity index is 2.22. The van der Waals surface area contributed by atoms with Gasteiger partial charge >= 0.3 is 0 Å². The van der Waals surface area contributed by atoms with Gasteiger partial charge in [-0.2, -0.15) is 0 Å². The van der Waals surface area contributed by atoms with Crippen LogP contribution in [0, 0.1) is 0 Å². The van der Waals surface area contributed by atoms with Gasteiger partial charge in [-0.15, -0.1) is 0 Å². The van der Waals surface area contributed by atoms with E-state index < -0.39 is 12.1 Å². The molecule has 0 spiro atoms. The highest BCUT2D eigenvalue weighted by molar-refractivity contribution is 9.10. The Bertz CT molecular complexity index is 518. The molecule has 2 heterocycles. The van der Waals surface area contributed by atoms with Crippen molar-refractivity contribution in [1.29, 1.82) is 0 Å². The number of nitrogens with one attached hydrogen (secondary N) is 1. The van der Waals surface area contributed by atoms with Crippen molar-refractivity contribution in [3.63, 3.8) is 0 Å². The fraction of sp³-hybridized carbons (Fsp3) is 0.533. The van der Waals surface area contributed by atoms with E-state index in [1.54, 1.807) is 11.1 Å². The summed E-state index contributed by atoms with van der Waals surface area (Å²) < 4.78 is 0.894. The maximum absolute atomic E-state index is 12.5. The molecular formula is C15H20BrN3O2. The van der Waals surface area contributed by atoms with Gasteiger partial charge in [0.05, 0.1) is 12.2 Å². The minimum absolute atomic E-state index is 0.0136. The number of carbonyl (C=O) groups is 2. The van der Waals surface area contributed by atoms with E-state index in [1.807, 2.05) is 26.0 Å². The molecule has 2 unspecified atom stereocenters. The molecule has 21 heavy (non-hydrogen) atoms. The first-order valence-corrected chi connectivity index (χ1v) is 8.07. The standard InChI is InChI=1S/C15H20BrN3O2/c1-3-5-13-14(20)18-12(4-2)15(21)19(13)9-11-7-6-10(16)8-17-11/h6-8,12-13H,3-5,9H2,1-2H3,(H,18,20). The minimum Gasteiger partial charge on any atom is -0.343 e. The van der Waals surface area contributed by atoms with E-state index in [2.05, 4.69) is 26.2 Å². The van der Waals surface area contributed by atoms with Gasteiger partial charge in [-0.1, -0.05) is 20.3 Å². The van der Waals surface area contributed by atoms with Crippen molar-refractivity contribution in [2.24, 2.45) is 0 Å². The quantitative estimate of drug-likeness (QED) is 0.882. The monoisotopic (exact) mass is 353 g/mol. The Morgan fingerprint density at radius 2 is 2.10 bits per heavy atom. The van der Waals surface area contributed by atoms with E-state index >= 15 is 0 Å². The van der Waals surface area contributed by atoms with Crippen LogP contribution < -0.4 is 5.32 Å². The molecule has 2 rings (SSSR count). The first kappa shape index (κ1) is 15.9. The lowest BCUT2D eigenvalue weighted by molar-refractivity contribution is -0.150. The maximum Gasteiger partial charge on any atom is 0.246 e. The summed E-state index contributed by atoms with van der Waals surface area (Å²) >= 11 is 3.34. The SMILES string of the molecule is CCCC1C(=O)NC(CC)C(=O)N1Cc1ccc(Br)cn1. The van der Waals surface area contributed by atoms with Crippen LogP contribution in [0.1, 0.15) is 38.8 Å². The van der Waals surface area contributed by atoms with E-state index in [4.69, 9.17) is 0 Å². The van der Waals surface area contributed by atoms with Gasteiger partial charge in [0.25, 0.3) is 0 Å². The minimum atomic E-state index is -0.416. The number of carbonyl (C=O) groups excluding carboxylic acids is 2. The summed E-state index contributed by atoms with van der Waals surface area (Å²) in [5.74, 6) is -0.0688. The van der Waals surface area contributed by atoms with Crippen molar-refractivity contribution in [3.05, 3.63) is 28.5 Å². The second-order valence-electron chi connectivity index (χ2n) is 5.21. The molecule has 1 N–H and O–H groups in total. The van der Waals surface area contributed by atoms with Crippen molar-refractivity contribution >= 4 is 27.7 Å². The molecule has 1 saturated heterocycles. The first-order chi connectivity index (χ1) is 10.1. The summed E-state index contributed by atoms with van der Waals surface area (Å²) in [5, 5.41) is 2.82. The largest absolute Gasteiger partial charge is 0.343 e. The summed E-state index contributed by atoms with van der Waals surface area (Å²) in [4.78, 5) is 30.7. The molecule has 0 radical (unpaired) electrons. The predicted octanol–water partition coefficient (Wildman–Crippen LogP) is 2.25. The van der Waals surface area contributed by atoms with E-state index in [0.29, 0.717) is 19.4 Å². The van der Waals surface area contributed by atoms with Gasteiger partial charge in [0.1, 0.15) is 12.1 Å². The number of piperazine rings is 1. The average molecular weight is 354 g/mol. The molecule has 114 valence electrons. The lowest BCUT2D eigenvalue weighted by atomic mass is 10.0. The molecule has 0 aromatic carbocycles. The highest BCUT2D eigenvalue weighted by Gasteiger charge is 2.39.